The predicted molar refractivity (Wildman–Crippen MR) is 74.4 cm³/mol. The van der Waals surface area contributed by atoms with Crippen molar-refractivity contribution in [2.75, 3.05) is 22.6 Å². The molecule has 3 N–H and O–H groups in total. The first kappa shape index (κ1) is 12.5. The summed E-state index contributed by atoms with van der Waals surface area (Å²) >= 11 is 2.03. The summed E-state index contributed by atoms with van der Waals surface area (Å²) in [6.07, 6.45) is 4.35. The summed E-state index contributed by atoms with van der Waals surface area (Å²) in [5.74, 6) is 4.77. The molecule has 1 aliphatic heterocycles. The summed E-state index contributed by atoms with van der Waals surface area (Å²) < 4.78 is 0. The Labute approximate surface area is 107 Å². The fourth-order valence-corrected chi connectivity index (χ4v) is 3.08. The van der Waals surface area contributed by atoms with Crippen LogP contribution in [-0.2, 0) is 6.42 Å². The second-order valence-corrected chi connectivity index (χ2v) is 5.60. The van der Waals surface area contributed by atoms with Crippen LogP contribution in [0.15, 0.2) is 6.07 Å². The molecule has 0 aliphatic carbocycles. The molecule has 4 nitrogen and oxygen atoms in total. The van der Waals surface area contributed by atoms with Gasteiger partial charge in [-0.3, -0.25) is 0 Å². The quantitative estimate of drug-likeness (QED) is 0.861. The molecule has 17 heavy (non-hydrogen) atoms. The van der Waals surface area contributed by atoms with Gasteiger partial charge in [-0.25, -0.2) is 9.97 Å². The molecule has 0 atom stereocenters. The summed E-state index contributed by atoms with van der Waals surface area (Å²) in [5, 5.41) is 3.48. The third kappa shape index (κ3) is 3.77. The number of aryl methyl sites for hydroxylation is 1. The van der Waals surface area contributed by atoms with Gasteiger partial charge in [0.1, 0.15) is 17.5 Å². The van der Waals surface area contributed by atoms with E-state index in [0.29, 0.717) is 11.9 Å². The van der Waals surface area contributed by atoms with Gasteiger partial charge >= 0.3 is 0 Å². The van der Waals surface area contributed by atoms with E-state index in [0.717, 1.165) is 24.5 Å². The lowest BCUT2D eigenvalue weighted by atomic mass is 10.1. The van der Waals surface area contributed by atoms with Crippen LogP contribution in [0.1, 0.15) is 32.0 Å². The fourth-order valence-electron chi connectivity index (χ4n) is 1.98. The maximum Gasteiger partial charge on any atom is 0.133 e. The first-order chi connectivity index (χ1) is 8.28. The Morgan fingerprint density at radius 3 is 2.88 bits per heavy atom. The molecule has 0 spiro atoms. The summed E-state index contributed by atoms with van der Waals surface area (Å²) in [6, 6.07) is 2.38. The molecule has 1 aromatic rings. The van der Waals surface area contributed by atoms with Gasteiger partial charge in [0, 0.05) is 18.5 Å². The minimum absolute atomic E-state index is 0.542. The Hall–Kier alpha value is -0.970. The van der Waals surface area contributed by atoms with Gasteiger partial charge in [-0.2, -0.15) is 11.8 Å². The largest absolute Gasteiger partial charge is 0.384 e. The maximum absolute atomic E-state index is 5.80. The molecule has 5 heteroatoms. The Kier molecular flexibility index (Phi) is 4.48. The van der Waals surface area contributed by atoms with Gasteiger partial charge in [0.15, 0.2) is 0 Å². The number of hydrogen-bond acceptors (Lipinski definition) is 5. The third-order valence-corrected chi connectivity index (χ3v) is 3.89. The molecule has 94 valence electrons. The molecular weight excluding hydrogens is 232 g/mol. The van der Waals surface area contributed by atoms with Crippen molar-refractivity contribution in [3.05, 3.63) is 11.9 Å². The van der Waals surface area contributed by atoms with Crippen molar-refractivity contribution in [2.45, 2.75) is 38.6 Å². The van der Waals surface area contributed by atoms with E-state index in [4.69, 9.17) is 5.73 Å². The molecule has 0 saturated carbocycles. The number of rotatable bonds is 4. The number of nitrogens with one attached hydrogen (secondary N) is 1. The number of nitrogens with two attached hydrogens (primary N) is 1. The Balaban J connectivity index is 2.03. The lowest BCUT2D eigenvalue weighted by molar-refractivity contribution is 0.662. The molecule has 1 fully saturated rings. The molecule has 0 radical (unpaired) electrons. The van der Waals surface area contributed by atoms with Crippen LogP contribution in [0.4, 0.5) is 11.6 Å². The van der Waals surface area contributed by atoms with Gasteiger partial charge in [0.2, 0.25) is 0 Å². The number of nitrogens with zero attached hydrogens (tertiary/aromatic N) is 2. The van der Waals surface area contributed by atoms with Crippen molar-refractivity contribution in [1.82, 2.24) is 9.97 Å². The van der Waals surface area contributed by atoms with E-state index in [2.05, 4.69) is 22.2 Å². The van der Waals surface area contributed by atoms with Crippen LogP contribution in [0, 0.1) is 0 Å². The van der Waals surface area contributed by atoms with Gasteiger partial charge in [-0.15, -0.1) is 0 Å². The smallest absolute Gasteiger partial charge is 0.133 e. The number of hydrogen-bond donors (Lipinski definition) is 2. The highest BCUT2D eigenvalue weighted by molar-refractivity contribution is 7.99. The molecule has 1 aromatic heterocycles. The van der Waals surface area contributed by atoms with E-state index in [1.807, 2.05) is 17.8 Å². The summed E-state index contributed by atoms with van der Waals surface area (Å²) in [4.78, 5) is 8.75. The Morgan fingerprint density at radius 1 is 1.41 bits per heavy atom. The van der Waals surface area contributed by atoms with Crippen LogP contribution in [-0.4, -0.2) is 27.5 Å². The number of nitrogen functional groups attached to an aromatic ring is 1. The topological polar surface area (TPSA) is 63.8 Å². The highest BCUT2D eigenvalue weighted by Crippen LogP contribution is 2.20. The second kappa shape index (κ2) is 6.10. The first-order valence-corrected chi connectivity index (χ1v) is 7.41. The highest BCUT2D eigenvalue weighted by atomic mass is 32.2. The van der Waals surface area contributed by atoms with Crippen LogP contribution < -0.4 is 11.1 Å². The third-order valence-electron chi connectivity index (χ3n) is 2.84. The minimum atomic E-state index is 0.542. The van der Waals surface area contributed by atoms with Gasteiger partial charge in [-0.05, 0) is 30.8 Å². The van der Waals surface area contributed by atoms with E-state index in [1.165, 1.54) is 24.3 Å². The lowest BCUT2D eigenvalue weighted by Gasteiger charge is -2.23. The average molecular weight is 252 g/mol. The predicted octanol–water partition coefficient (Wildman–Crippen LogP) is 2.32. The second-order valence-electron chi connectivity index (χ2n) is 4.38. The number of anilines is 2. The minimum Gasteiger partial charge on any atom is -0.384 e. The molecule has 0 unspecified atom stereocenters. The van der Waals surface area contributed by atoms with Crippen LogP contribution in [0.25, 0.3) is 0 Å². The standard InChI is InChI=1S/C12H20N4S/c1-2-3-11-15-10(13)8-12(16-11)14-9-4-6-17-7-5-9/h8-9H,2-7H2,1H3,(H3,13,14,15,16). The highest BCUT2D eigenvalue weighted by Gasteiger charge is 2.14. The van der Waals surface area contributed by atoms with E-state index >= 15 is 0 Å². The van der Waals surface area contributed by atoms with Crippen LogP contribution in [0.5, 0.6) is 0 Å². The molecular formula is C12H20N4S. The maximum atomic E-state index is 5.80. The SMILES string of the molecule is CCCc1nc(N)cc(NC2CCSCC2)n1. The fraction of sp³-hybridized carbons (Fsp3) is 0.667. The van der Waals surface area contributed by atoms with E-state index in [9.17, 15) is 0 Å². The zero-order valence-corrected chi connectivity index (χ0v) is 11.1. The Morgan fingerprint density at radius 2 is 2.18 bits per heavy atom. The van der Waals surface area contributed by atoms with Crippen LogP contribution >= 0.6 is 11.8 Å². The van der Waals surface area contributed by atoms with Crippen molar-refractivity contribution in [2.24, 2.45) is 0 Å². The van der Waals surface area contributed by atoms with Gasteiger partial charge in [-0.1, -0.05) is 6.92 Å². The van der Waals surface area contributed by atoms with E-state index in [-0.39, 0.29) is 0 Å². The van der Waals surface area contributed by atoms with Crippen LogP contribution in [0.3, 0.4) is 0 Å². The molecule has 1 aliphatic rings. The Bertz CT molecular complexity index is 364. The van der Waals surface area contributed by atoms with Crippen LogP contribution in [0.2, 0.25) is 0 Å². The average Bonchev–Trinajstić information content (AvgIpc) is 2.30. The molecule has 1 saturated heterocycles. The molecule has 0 bridgehead atoms. The van der Waals surface area contributed by atoms with Crippen molar-refractivity contribution < 1.29 is 0 Å². The van der Waals surface area contributed by atoms with Crippen molar-refractivity contribution >= 4 is 23.4 Å². The zero-order valence-electron chi connectivity index (χ0n) is 10.3. The zero-order chi connectivity index (χ0) is 12.1. The molecule has 0 aromatic carbocycles. The van der Waals surface area contributed by atoms with Crippen molar-refractivity contribution in [1.29, 1.82) is 0 Å². The van der Waals surface area contributed by atoms with Gasteiger partial charge < -0.3 is 11.1 Å². The van der Waals surface area contributed by atoms with Gasteiger partial charge in [0.25, 0.3) is 0 Å². The number of thioether (sulfide) groups is 1. The lowest BCUT2D eigenvalue weighted by Crippen LogP contribution is -2.25. The molecule has 2 rings (SSSR count). The molecule has 2 heterocycles. The number of aromatic nitrogens is 2. The first-order valence-electron chi connectivity index (χ1n) is 6.25. The van der Waals surface area contributed by atoms with E-state index < -0.39 is 0 Å². The summed E-state index contributed by atoms with van der Waals surface area (Å²) in [7, 11) is 0. The summed E-state index contributed by atoms with van der Waals surface area (Å²) in [5.41, 5.74) is 5.80. The molecule has 0 amide bonds. The monoisotopic (exact) mass is 252 g/mol. The summed E-state index contributed by atoms with van der Waals surface area (Å²) in [6.45, 7) is 2.12. The van der Waals surface area contributed by atoms with Gasteiger partial charge in [0.05, 0.1) is 0 Å². The van der Waals surface area contributed by atoms with E-state index in [1.54, 1.807) is 0 Å². The normalized spacial score (nSPS) is 17.0. The van der Waals surface area contributed by atoms with Crippen molar-refractivity contribution in [3.8, 4) is 0 Å². The van der Waals surface area contributed by atoms with Crippen molar-refractivity contribution in [3.63, 3.8) is 0 Å².